The van der Waals surface area contributed by atoms with Gasteiger partial charge in [0, 0.05) is 25.8 Å². The molecule has 0 fully saturated rings. The number of hydrogen-bond donors (Lipinski definition) is 3. The maximum atomic E-state index is 12.5. The largest absolute Gasteiger partial charge is 0.573 e. The molecule has 0 atom stereocenters. The van der Waals surface area contributed by atoms with Crippen LogP contribution in [0.2, 0.25) is 5.02 Å². The average molecular weight is 422 g/mol. The molecule has 0 heterocycles. The minimum Gasteiger partial charge on any atom is -0.508 e. The lowest BCUT2D eigenvalue weighted by atomic mass is 10.1. The Morgan fingerprint density at radius 3 is 2.43 bits per heavy atom. The normalized spacial score (nSPS) is 10.4. The van der Waals surface area contributed by atoms with Gasteiger partial charge in [-0.3, -0.25) is 9.80 Å². The monoisotopic (exact) mass is 421 g/mol. The summed E-state index contributed by atoms with van der Waals surface area (Å²) in [5, 5.41) is 13.2. The molecule has 0 saturated heterocycles. The van der Waals surface area contributed by atoms with Crippen molar-refractivity contribution in [3.05, 3.63) is 47.0 Å². The van der Waals surface area contributed by atoms with Crippen molar-refractivity contribution in [3.8, 4) is 17.2 Å². The van der Waals surface area contributed by atoms with Crippen molar-refractivity contribution in [3.63, 3.8) is 0 Å². The molecule has 7 nitrogen and oxygen atoms in total. The van der Waals surface area contributed by atoms with E-state index in [4.69, 9.17) is 22.2 Å². The second kappa shape index (κ2) is 10.5. The summed E-state index contributed by atoms with van der Waals surface area (Å²) >= 11 is 5.90. The fourth-order valence-corrected chi connectivity index (χ4v) is 2.16. The van der Waals surface area contributed by atoms with Crippen LogP contribution in [0.3, 0.4) is 0 Å². The molecule has 0 aromatic heterocycles. The Hall–Kier alpha value is -2.85. The standard InChI is InChI=1S/C15H13ClF3NO3.C2H6N2O/c1-20-12-3-2-4-13(23-15(17,18)19)10(12)8-22-14-6-5-9(21)7-11(14)16;1-4(3)2-5/h2-7,20-21H,8H2,1H3;2H,3H2,1H3. The fourth-order valence-electron chi connectivity index (χ4n) is 1.93. The second-order valence-corrected chi connectivity index (χ2v) is 5.66. The molecule has 1 amide bonds. The number of benzene rings is 2. The van der Waals surface area contributed by atoms with Crippen LogP contribution in [0.1, 0.15) is 5.56 Å². The van der Waals surface area contributed by atoms with Crippen molar-refractivity contribution in [2.45, 2.75) is 13.0 Å². The van der Waals surface area contributed by atoms with Gasteiger partial charge in [0.15, 0.2) is 0 Å². The van der Waals surface area contributed by atoms with E-state index in [1.54, 1.807) is 13.1 Å². The molecule has 0 bridgehead atoms. The van der Waals surface area contributed by atoms with Crippen LogP contribution >= 0.6 is 11.6 Å². The van der Waals surface area contributed by atoms with Crippen LogP contribution in [0.5, 0.6) is 17.2 Å². The summed E-state index contributed by atoms with van der Waals surface area (Å²) in [6.07, 6.45) is -4.28. The van der Waals surface area contributed by atoms with Crippen molar-refractivity contribution in [1.29, 1.82) is 0 Å². The van der Waals surface area contributed by atoms with Crippen LogP contribution in [0.15, 0.2) is 36.4 Å². The predicted octanol–water partition coefficient (Wildman–Crippen LogP) is 3.51. The first-order chi connectivity index (χ1) is 13.1. The zero-order valence-electron chi connectivity index (χ0n) is 15.0. The number of ether oxygens (including phenoxy) is 2. The van der Waals surface area contributed by atoms with E-state index in [-0.39, 0.29) is 34.4 Å². The first kappa shape index (κ1) is 23.2. The van der Waals surface area contributed by atoms with E-state index in [1.165, 1.54) is 37.4 Å². The van der Waals surface area contributed by atoms with Gasteiger partial charge >= 0.3 is 6.36 Å². The van der Waals surface area contributed by atoms with E-state index in [2.05, 4.69) is 10.1 Å². The molecule has 28 heavy (non-hydrogen) atoms. The van der Waals surface area contributed by atoms with Gasteiger partial charge in [0.25, 0.3) is 0 Å². The van der Waals surface area contributed by atoms with Gasteiger partial charge in [-0.2, -0.15) is 0 Å². The number of amides is 1. The van der Waals surface area contributed by atoms with Crippen LogP contribution in [0.4, 0.5) is 18.9 Å². The molecule has 11 heteroatoms. The summed E-state index contributed by atoms with van der Waals surface area (Å²) in [4.78, 5) is 9.31. The molecule has 2 rings (SSSR count). The summed E-state index contributed by atoms with van der Waals surface area (Å²) in [7, 11) is 3.04. The molecular weight excluding hydrogens is 403 g/mol. The molecule has 0 spiro atoms. The maximum Gasteiger partial charge on any atom is 0.573 e. The lowest BCUT2D eigenvalue weighted by molar-refractivity contribution is -0.275. The smallest absolute Gasteiger partial charge is 0.508 e. The number of rotatable bonds is 6. The minimum atomic E-state index is -4.81. The Bertz CT molecular complexity index is 789. The summed E-state index contributed by atoms with van der Waals surface area (Å²) in [5.74, 6) is 4.58. The Kier molecular flexibility index (Phi) is 8.68. The van der Waals surface area contributed by atoms with Crippen molar-refractivity contribution in [2.24, 2.45) is 5.84 Å². The van der Waals surface area contributed by atoms with Gasteiger partial charge in [-0.15, -0.1) is 13.2 Å². The summed E-state index contributed by atoms with van der Waals surface area (Å²) in [6, 6.07) is 8.28. The number of carbonyl (C=O) groups is 1. The van der Waals surface area contributed by atoms with Crippen LogP contribution in [-0.2, 0) is 11.4 Å². The summed E-state index contributed by atoms with van der Waals surface area (Å²) in [5.41, 5.74) is 0.623. The number of alkyl halides is 3. The number of nitrogens with two attached hydrogens (primary N) is 1. The van der Waals surface area contributed by atoms with E-state index in [0.717, 1.165) is 5.01 Å². The predicted molar refractivity (Wildman–Crippen MR) is 98.1 cm³/mol. The van der Waals surface area contributed by atoms with Crippen LogP contribution in [-0.4, -0.2) is 37.0 Å². The van der Waals surface area contributed by atoms with Gasteiger partial charge in [-0.05, 0) is 24.3 Å². The number of aromatic hydroxyl groups is 1. The second-order valence-electron chi connectivity index (χ2n) is 5.25. The highest BCUT2D eigenvalue weighted by molar-refractivity contribution is 6.32. The highest BCUT2D eigenvalue weighted by Crippen LogP contribution is 2.34. The molecule has 0 radical (unpaired) electrons. The zero-order chi connectivity index (χ0) is 21.3. The van der Waals surface area contributed by atoms with Crippen molar-refractivity contribution >= 4 is 23.7 Å². The lowest BCUT2D eigenvalue weighted by Gasteiger charge is -2.17. The van der Waals surface area contributed by atoms with Gasteiger partial charge in [-0.1, -0.05) is 17.7 Å². The number of carbonyl (C=O) groups excluding carboxylic acids is 1. The van der Waals surface area contributed by atoms with Crippen molar-refractivity contribution in [2.75, 3.05) is 19.4 Å². The molecule has 0 unspecified atom stereocenters. The number of nitrogens with zero attached hydrogens (tertiary/aromatic N) is 1. The van der Waals surface area contributed by atoms with E-state index in [0.29, 0.717) is 12.1 Å². The molecule has 0 aliphatic heterocycles. The third-order valence-corrected chi connectivity index (χ3v) is 3.38. The number of phenolic OH excluding ortho intramolecular Hbond substituents is 1. The number of phenols is 1. The van der Waals surface area contributed by atoms with Crippen LogP contribution < -0.4 is 20.6 Å². The van der Waals surface area contributed by atoms with Crippen LogP contribution in [0, 0.1) is 0 Å². The molecular formula is C17H19ClF3N3O4. The van der Waals surface area contributed by atoms with Gasteiger partial charge in [-0.25, -0.2) is 5.84 Å². The Morgan fingerprint density at radius 2 is 1.93 bits per heavy atom. The minimum absolute atomic E-state index is 0.0425. The third kappa shape index (κ3) is 7.80. The number of anilines is 1. The molecule has 154 valence electrons. The quantitative estimate of drug-likeness (QED) is 0.286. The van der Waals surface area contributed by atoms with Gasteiger partial charge in [0.2, 0.25) is 6.41 Å². The SMILES string of the molecule is CN(N)C=O.CNc1cccc(OC(F)(F)F)c1COc1ccc(O)cc1Cl. The maximum absolute atomic E-state index is 12.5. The number of hydrogen-bond acceptors (Lipinski definition) is 6. The van der Waals surface area contributed by atoms with Gasteiger partial charge < -0.3 is 19.9 Å². The molecule has 2 aromatic rings. The van der Waals surface area contributed by atoms with E-state index in [1.807, 2.05) is 0 Å². The first-order valence-corrected chi connectivity index (χ1v) is 8.04. The van der Waals surface area contributed by atoms with Gasteiger partial charge in [0.1, 0.15) is 23.9 Å². The lowest BCUT2D eigenvalue weighted by Crippen LogP contribution is -2.23. The highest BCUT2D eigenvalue weighted by Gasteiger charge is 2.32. The molecule has 0 saturated carbocycles. The highest BCUT2D eigenvalue weighted by atomic mass is 35.5. The Morgan fingerprint density at radius 1 is 1.29 bits per heavy atom. The summed E-state index contributed by atoms with van der Waals surface area (Å²) in [6.45, 7) is -0.201. The number of hydrazine groups is 1. The first-order valence-electron chi connectivity index (χ1n) is 7.67. The topological polar surface area (TPSA) is 97.1 Å². The number of halogens is 4. The van der Waals surface area contributed by atoms with Crippen molar-refractivity contribution < 1.29 is 32.5 Å². The Balaban J connectivity index is 0.000000696. The van der Waals surface area contributed by atoms with E-state index < -0.39 is 6.36 Å². The van der Waals surface area contributed by atoms with E-state index >= 15 is 0 Å². The third-order valence-electron chi connectivity index (χ3n) is 3.08. The zero-order valence-corrected chi connectivity index (χ0v) is 15.7. The van der Waals surface area contributed by atoms with Gasteiger partial charge in [0.05, 0.1) is 10.6 Å². The van der Waals surface area contributed by atoms with E-state index in [9.17, 15) is 23.1 Å². The molecule has 4 N–H and O–H groups in total. The summed E-state index contributed by atoms with van der Waals surface area (Å²) < 4.78 is 47.0. The average Bonchev–Trinajstić information content (AvgIpc) is 2.60. The van der Waals surface area contributed by atoms with Crippen molar-refractivity contribution in [1.82, 2.24) is 5.01 Å². The number of nitrogens with one attached hydrogen (secondary N) is 1. The fraction of sp³-hybridized carbons (Fsp3) is 0.235. The molecule has 0 aliphatic rings. The van der Waals surface area contributed by atoms with Crippen LogP contribution in [0.25, 0.3) is 0 Å². The molecule has 2 aromatic carbocycles. The Labute approximate surface area is 164 Å². The molecule has 0 aliphatic carbocycles.